The van der Waals surface area contributed by atoms with Gasteiger partial charge in [0.15, 0.2) is 0 Å². The van der Waals surface area contributed by atoms with Crippen LogP contribution in [0.4, 0.5) is 5.69 Å². The smallest absolute Gasteiger partial charge is 0.252 e. The van der Waals surface area contributed by atoms with E-state index in [0.717, 1.165) is 28.0 Å². The summed E-state index contributed by atoms with van der Waals surface area (Å²) in [4.78, 5) is 20.9. The van der Waals surface area contributed by atoms with Gasteiger partial charge in [0.05, 0.1) is 27.5 Å². The van der Waals surface area contributed by atoms with E-state index in [9.17, 15) is 4.79 Å². The minimum Gasteiger partial charge on any atom is -0.399 e. The van der Waals surface area contributed by atoms with Gasteiger partial charge in [-0.05, 0) is 48.4 Å². The fraction of sp³-hybridized carbons (Fsp3) is 0.130. The number of aromatic nitrogens is 2. The Hall–Kier alpha value is -3.31. The van der Waals surface area contributed by atoms with Gasteiger partial charge in [0.25, 0.3) is 5.91 Å². The SMILES string of the molecule is Cc1ccc2nc(C(CNC(=O)c3ccc(N)cc3Cl)c3ccccc3)[nH]c2c1. The number of imidazole rings is 1. The second kappa shape index (κ2) is 7.97. The molecule has 0 bridgehead atoms. The van der Waals surface area contributed by atoms with Crippen molar-refractivity contribution in [1.29, 1.82) is 0 Å². The van der Waals surface area contributed by atoms with Gasteiger partial charge in [-0.3, -0.25) is 4.79 Å². The Bertz CT molecular complexity index is 1170. The molecule has 4 rings (SSSR count). The molecule has 0 saturated heterocycles. The summed E-state index contributed by atoms with van der Waals surface area (Å²) >= 11 is 6.18. The molecule has 0 fully saturated rings. The fourth-order valence-electron chi connectivity index (χ4n) is 3.37. The highest BCUT2D eigenvalue weighted by Gasteiger charge is 2.20. The Kier molecular flexibility index (Phi) is 5.23. The molecule has 3 aromatic carbocycles. The van der Waals surface area contributed by atoms with Crippen LogP contribution in [0.5, 0.6) is 0 Å². The second-order valence-electron chi connectivity index (χ2n) is 7.06. The number of carbonyl (C=O) groups is 1. The van der Waals surface area contributed by atoms with Crippen molar-refractivity contribution in [1.82, 2.24) is 15.3 Å². The number of halogens is 1. The molecule has 1 heterocycles. The number of hydrogen-bond acceptors (Lipinski definition) is 3. The molecule has 1 amide bonds. The number of H-pyrrole nitrogens is 1. The minimum absolute atomic E-state index is 0.125. The molecule has 0 spiro atoms. The largest absolute Gasteiger partial charge is 0.399 e. The number of nitrogens with one attached hydrogen (secondary N) is 2. The van der Waals surface area contributed by atoms with Gasteiger partial charge in [-0.15, -0.1) is 0 Å². The first-order valence-electron chi connectivity index (χ1n) is 9.35. The highest BCUT2D eigenvalue weighted by Crippen LogP contribution is 2.25. The summed E-state index contributed by atoms with van der Waals surface area (Å²) in [5.74, 6) is 0.434. The third-order valence-corrected chi connectivity index (χ3v) is 5.20. The number of anilines is 1. The second-order valence-corrected chi connectivity index (χ2v) is 7.46. The lowest BCUT2D eigenvalue weighted by atomic mass is 9.98. The summed E-state index contributed by atoms with van der Waals surface area (Å²) in [5.41, 5.74) is 10.7. The maximum absolute atomic E-state index is 12.7. The van der Waals surface area contributed by atoms with Crippen LogP contribution in [0.2, 0.25) is 5.02 Å². The topological polar surface area (TPSA) is 83.8 Å². The Morgan fingerprint density at radius 3 is 2.69 bits per heavy atom. The van der Waals surface area contributed by atoms with Gasteiger partial charge in [-0.25, -0.2) is 4.98 Å². The zero-order chi connectivity index (χ0) is 20.4. The van der Waals surface area contributed by atoms with Crippen LogP contribution in [0.15, 0.2) is 66.7 Å². The van der Waals surface area contributed by atoms with E-state index in [-0.39, 0.29) is 11.8 Å². The van der Waals surface area contributed by atoms with Crippen LogP contribution in [-0.4, -0.2) is 22.4 Å². The molecule has 1 aromatic heterocycles. The number of aromatic amines is 1. The van der Waals surface area contributed by atoms with Crippen LogP contribution >= 0.6 is 11.6 Å². The normalized spacial score (nSPS) is 12.1. The first kappa shape index (κ1) is 19.0. The van der Waals surface area contributed by atoms with Gasteiger partial charge in [0, 0.05) is 12.2 Å². The van der Waals surface area contributed by atoms with Gasteiger partial charge in [-0.2, -0.15) is 0 Å². The zero-order valence-corrected chi connectivity index (χ0v) is 16.7. The van der Waals surface area contributed by atoms with Crippen LogP contribution in [0.1, 0.15) is 33.2 Å². The lowest BCUT2D eigenvalue weighted by molar-refractivity contribution is 0.0952. The van der Waals surface area contributed by atoms with Crippen molar-refractivity contribution in [3.05, 3.63) is 94.3 Å². The monoisotopic (exact) mass is 404 g/mol. The van der Waals surface area contributed by atoms with Gasteiger partial charge in [0.1, 0.15) is 5.82 Å². The van der Waals surface area contributed by atoms with E-state index in [1.54, 1.807) is 18.2 Å². The molecule has 6 heteroatoms. The minimum atomic E-state index is -0.247. The first-order chi connectivity index (χ1) is 14.0. The molecule has 1 atom stereocenters. The van der Waals surface area contributed by atoms with E-state index in [1.807, 2.05) is 49.4 Å². The standard InChI is InChI=1S/C23H21ClN4O/c1-14-7-10-20-21(11-14)28-22(27-20)18(15-5-3-2-4-6-15)13-26-23(29)17-9-8-16(25)12-19(17)24/h2-12,18H,13,25H2,1H3,(H,26,29)(H,27,28). The number of nitrogen functional groups attached to an aromatic ring is 1. The third kappa shape index (κ3) is 4.10. The summed E-state index contributed by atoms with van der Waals surface area (Å²) in [5, 5.41) is 3.32. The molecule has 0 radical (unpaired) electrons. The number of fused-ring (bicyclic) bond motifs is 1. The van der Waals surface area contributed by atoms with Crippen LogP contribution in [0, 0.1) is 6.92 Å². The summed E-state index contributed by atoms with van der Waals surface area (Å²) in [6.45, 7) is 2.42. The summed E-state index contributed by atoms with van der Waals surface area (Å²) in [6, 6.07) is 21.0. The predicted molar refractivity (Wildman–Crippen MR) is 117 cm³/mol. The van der Waals surface area contributed by atoms with Crippen molar-refractivity contribution in [3.8, 4) is 0 Å². The van der Waals surface area contributed by atoms with Crippen molar-refractivity contribution in [2.75, 3.05) is 12.3 Å². The summed E-state index contributed by atoms with van der Waals surface area (Å²) in [6.07, 6.45) is 0. The van der Waals surface area contributed by atoms with Crippen molar-refractivity contribution < 1.29 is 4.79 Å². The van der Waals surface area contributed by atoms with Crippen LogP contribution in [0.25, 0.3) is 11.0 Å². The number of aryl methyl sites for hydroxylation is 1. The van der Waals surface area contributed by atoms with Gasteiger partial charge < -0.3 is 16.0 Å². The maximum Gasteiger partial charge on any atom is 0.252 e. The Morgan fingerprint density at radius 1 is 1.14 bits per heavy atom. The van der Waals surface area contributed by atoms with E-state index >= 15 is 0 Å². The molecular formula is C23H21ClN4O. The number of rotatable bonds is 5. The summed E-state index contributed by atoms with van der Waals surface area (Å²) < 4.78 is 0. The number of hydrogen-bond donors (Lipinski definition) is 3. The van der Waals surface area contributed by atoms with Crippen LogP contribution in [0.3, 0.4) is 0 Å². The lowest BCUT2D eigenvalue weighted by Crippen LogP contribution is -2.29. The quantitative estimate of drug-likeness (QED) is 0.422. The van der Waals surface area contributed by atoms with E-state index in [0.29, 0.717) is 22.8 Å². The van der Waals surface area contributed by atoms with Gasteiger partial charge in [0.2, 0.25) is 0 Å². The maximum atomic E-state index is 12.7. The Balaban J connectivity index is 1.63. The van der Waals surface area contributed by atoms with Crippen molar-refractivity contribution in [2.45, 2.75) is 12.8 Å². The van der Waals surface area contributed by atoms with Crippen molar-refractivity contribution >= 4 is 34.2 Å². The Labute approximate surface area is 173 Å². The molecule has 4 aromatic rings. The zero-order valence-electron chi connectivity index (χ0n) is 15.9. The van der Waals surface area contributed by atoms with E-state index in [4.69, 9.17) is 22.3 Å². The molecule has 4 N–H and O–H groups in total. The highest BCUT2D eigenvalue weighted by atomic mass is 35.5. The average Bonchev–Trinajstić information content (AvgIpc) is 3.11. The molecule has 146 valence electrons. The highest BCUT2D eigenvalue weighted by molar-refractivity contribution is 6.34. The lowest BCUT2D eigenvalue weighted by Gasteiger charge is -2.16. The number of amides is 1. The Morgan fingerprint density at radius 2 is 1.93 bits per heavy atom. The molecule has 0 aliphatic heterocycles. The van der Waals surface area contributed by atoms with Crippen LogP contribution < -0.4 is 11.1 Å². The van der Waals surface area contributed by atoms with Gasteiger partial charge in [-0.1, -0.05) is 48.0 Å². The molecular weight excluding hydrogens is 384 g/mol. The van der Waals surface area contributed by atoms with E-state index in [1.165, 1.54) is 0 Å². The molecule has 0 aliphatic rings. The van der Waals surface area contributed by atoms with Crippen molar-refractivity contribution in [2.24, 2.45) is 0 Å². The summed E-state index contributed by atoms with van der Waals surface area (Å²) in [7, 11) is 0. The van der Waals surface area contributed by atoms with Gasteiger partial charge >= 0.3 is 0 Å². The molecule has 29 heavy (non-hydrogen) atoms. The average molecular weight is 405 g/mol. The molecule has 0 saturated carbocycles. The molecule has 5 nitrogen and oxygen atoms in total. The molecule has 1 unspecified atom stereocenters. The van der Waals surface area contributed by atoms with Crippen molar-refractivity contribution in [3.63, 3.8) is 0 Å². The van der Waals surface area contributed by atoms with Crippen LogP contribution in [-0.2, 0) is 0 Å². The first-order valence-corrected chi connectivity index (χ1v) is 9.73. The van der Waals surface area contributed by atoms with E-state index < -0.39 is 0 Å². The molecule has 0 aliphatic carbocycles. The predicted octanol–water partition coefficient (Wildman–Crippen LogP) is 4.67. The van der Waals surface area contributed by atoms with E-state index in [2.05, 4.69) is 16.4 Å². The fourth-order valence-corrected chi connectivity index (χ4v) is 3.65. The third-order valence-electron chi connectivity index (χ3n) is 4.89. The number of carbonyl (C=O) groups excluding carboxylic acids is 1. The number of benzene rings is 3. The number of nitrogens with two attached hydrogens (primary N) is 1. The number of nitrogens with zero attached hydrogens (tertiary/aromatic N) is 1.